The average Bonchev–Trinajstić information content (AvgIpc) is 3.02. The van der Waals surface area contributed by atoms with Gasteiger partial charge >= 0.3 is 0 Å². The van der Waals surface area contributed by atoms with Crippen LogP contribution >= 0.6 is 0 Å². The number of hydrogen-bond donors (Lipinski definition) is 1. The molecule has 1 aliphatic rings. The Hall–Kier alpha value is -2.04. The summed E-state index contributed by atoms with van der Waals surface area (Å²) in [7, 11) is 1.88. The van der Waals surface area contributed by atoms with E-state index < -0.39 is 0 Å². The van der Waals surface area contributed by atoms with E-state index in [2.05, 4.69) is 25.3 Å². The zero-order valence-electron chi connectivity index (χ0n) is 11.9. The van der Waals surface area contributed by atoms with E-state index in [0.717, 1.165) is 17.1 Å². The summed E-state index contributed by atoms with van der Waals surface area (Å²) in [6.07, 6.45) is 8.61. The molecule has 0 atom stereocenters. The molecule has 2 aromatic heterocycles. The van der Waals surface area contributed by atoms with Crippen molar-refractivity contribution >= 4 is 5.82 Å². The second-order valence-corrected chi connectivity index (χ2v) is 5.32. The molecule has 5 nitrogen and oxygen atoms in total. The standard InChI is InChI=1S/C15H19N5/c1-10-8-17-14(18-9-10)15-19-12(7-13(16-2)20-15)11-5-3-4-6-11/h7-9,11H,3-6H2,1-2H3,(H,16,19,20). The molecule has 1 aliphatic carbocycles. The highest BCUT2D eigenvalue weighted by molar-refractivity contribution is 5.49. The van der Waals surface area contributed by atoms with Gasteiger partial charge in [0, 0.05) is 37.1 Å². The molecule has 20 heavy (non-hydrogen) atoms. The summed E-state index contributed by atoms with van der Waals surface area (Å²) in [6, 6.07) is 2.05. The predicted molar refractivity (Wildman–Crippen MR) is 78.6 cm³/mol. The van der Waals surface area contributed by atoms with Crippen molar-refractivity contribution in [2.24, 2.45) is 0 Å². The van der Waals surface area contributed by atoms with Crippen molar-refractivity contribution in [3.05, 3.63) is 29.7 Å². The van der Waals surface area contributed by atoms with E-state index in [9.17, 15) is 0 Å². The Balaban J connectivity index is 2.01. The highest BCUT2D eigenvalue weighted by Gasteiger charge is 2.20. The first kappa shape index (κ1) is 13.0. The van der Waals surface area contributed by atoms with Crippen molar-refractivity contribution in [1.29, 1.82) is 0 Å². The first-order valence-corrected chi connectivity index (χ1v) is 7.12. The SMILES string of the molecule is CNc1cc(C2CCCC2)nc(-c2ncc(C)cn2)n1. The third-order valence-corrected chi connectivity index (χ3v) is 3.76. The molecule has 1 N–H and O–H groups in total. The molecule has 0 bridgehead atoms. The van der Waals surface area contributed by atoms with Crippen LogP contribution in [0.3, 0.4) is 0 Å². The monoisotopic (exact) mass is 269 g/mol. The molecule has 5 heteroatoms. The van der Waals surface area contributed by atoms with Gasteiger partial charge in [0.05, 0.1) is 0 Å². The van der Waals surface area contributed by atoms with E-state index in [1.54, 1.807) is 12.4 Å². The number of aryl methyl sites for hydroxylation is 1. The largest absolute Gasteiger partial charge is 0.373 e. The van der Waals surface area contributed by atoms with Crippen LogP contribution in [0.5, 0.6) is 0 Å². The third-order valence-electron chi connectivity index (χ3n) is 3.76. The molecule has 1 fully saturated rings. The molecule has 3 rings (SSSR count). The lowest BCUT2D eigenvalue weighted by atomic mass is 10.0. The molecule has 0 radical (unpaired) electrons. The summed E-state index contributed by atoms with van der Waals surface area (Å²) in [5, 5.41) is 3.11. The maximum absolute atomic E-state index is 4.69. The van der Waals surface area contributed by atoms with E-state index in [1.165, 1.54) is 25.7 Å². The highest BCUT2D eigenvalue weighted by Crippen LogP contribution is 2.34. The molecule has 2 heterocycles. The first-order valence-electron chi connectivity index (χ1n) is 7.12. The van der Waals surface area contributed by atoms with Crippen LogP contribution in [-0.2, 0) is 0 Å². The lowest BCUT2D eigenvalue weighted by Gasteiger charge is -2.11. The van der Waals surface area contributed by atoms with Gasteiger partial charge in [-0.1, -0.05) is 12.8 Å². The maximum Gasteiger partial charge on any atom is 0.199 e. The number of rotatable bonds is 3. The predicted octanol–water partition coefficient (Wildman–Crippen LogP) is 2.94. The fourth-order valence-corrected chi connectivity index (χ4v) is 2.63. The van der Waals surface area contributed by atoms with Gasteiger partial charge in [0.15, 0.2) is 11.6 Å². The minimum Gasteiger partial charge on any atom is -0.373 e. The summed E-state index contributed by atoms with van der Waals surface area (Å²) >= 11 is 0. The van der Waals surface area contributed by atoms with Crippen molar-refractivity contribution in [3.63, 3.8) is 0 Å². The van der Waals surface area contributed by atoms with Crippen LogP contribution in [0.4, 0.5) is 5.82 Å². The van der Waals surface area contributed by atoms with Gasteiger partial charge in [-0.15, -0.1) is 0 Å². The van der Waals surface area contributed by atoms with Gasteiger partial charge in [0.1, 0.15) is 5.82 Å². The topological polar surface area (TPSA) is 63.6 Å². The molecule has 0 aliphatic heterocycles. The molecule has 1 saturated carbocycles. The van der Waals surface area contributed by atoms with E-state index in [1.807, 2.05) is 20.0 Å². The van der Waals surface area contributed by atoms with Crippen LogP contribution in [0.25, 0.3) is 11.6 Å². The molecule has 0 unspecified atom stereocenters. The Morgan fingerprint density at radius 3 is 2.40 bits per heavy atom. The summed E-state index contributed by atoms with van der Waals surface area (Å²) < 4.78 is 0. The van der Waals surface area contributed by atoms with Crippen LogP contribution in [0, 0.1) is 6.92 Å². The van der Waals surface area contributed by atoms with Crippen molar-refractivity contribution in [3.8, 4) is 11.6 Å². The Bertz CT molecular complexity index is 588. The van der Waals surface area contributed by atoms with Gasteiger partial charge in [0.2, 0.25) is 0 Å². The minimum absolute atomic E-state index is 0.550. The molecule has 0 amide bonds. The Labute approximate surface area is 118 Å². The Morgan fingerprint density at radius 2 is 1.75 bits per heavy atom. The molecular formula is C15H19N5. The Kier molecular flexibility index (Phi) is 3.58. The smallest absolute Gasteiger partial charge is 0.199 e. The van der Waals surface area contributed by atoms with Crippen molar-refractivity contribution in [2.45, 2.75) is 38.5 Å². The molecular weight excluding hydrogens is 250 g/mol. The second kappa shape index (κ2) is 5.53. The van der Waals surface area contributed by atoms with E-state index in [-0.39, 0.29) is 0 Å². The molecule has 0 aromatic carbocycles. The molecule has 0 saturated heterocycles. The normalized spacial score (nSPS) is 15.5. The lowest BCUT2D eigenvalue weighted by molar-refractivity contribution is 0.695. The Morgan fingerprint density at radius 1 is 1.05 bits per heavy atom. The van der Waals surface area contributed by atoms with E-state index in [0.29, 0.717) is 17.6 Å². The fourth-order valence-electron chi connectivity index (χ4n) is 2.63. The van der Waals surface area contributed by atoms with Gasteiger partial charge in [-0.25, -0.2) is 19.9 Å². The quantitative estimate of drug-likeness (QED) is 0.928. The average molecular weight is 269 g/mol. The zero-order chi connectivity index (χ0) is 13.9. The molecule has 104 valence electrons. The second-order valence-electron chi connectivity index (χ2n) is 5.32. The van der Waals surface area contributed by atoms with Crippen molar-refractivity contribution in [1.82, 2.24) is 19.9 Å². The fraction of sp³-hybridized carbons (Fsp3) is 0.467. The molecule has 0 spiro atoms. The first-order chi connectivity index (χ1) is 9.76. The maximum atomic E-state index is 4.69. The highest BCUT2D eigenvalue weighted by atomic mass is 15.1. The van der Waals surface area contributed by atoms with Gasteiger partial charge in [-0.3, -0.25) is 0 Å². The van der Waals surface area contributed by atoms with Crippen LogP contribution < -0.4 is 5.32 Å². The lowest BCUT2D eigenvalue weighted by Crippen LogP contribution is -2.05. The third kappa shape index (κ3) is 2.61. The van der Waals surface area contributed by atoms with E-state index >= 15 is 0 Å². The van der Waals surface area contributed by atoms with Gasteiger partial charge in [-0.05, 0) is 25.3 Å². The van der Waals surface area contributed by atoms with Gasteiger partial charge in [0.25, 0.3) is 0 Å². The number of nitrogens with one attached hydrogen (secondary N) is 1. The van der Waals surface area contributed by atoms with Crippen LogP contribution in [0.1, 0.15) is 42.9 Å². The summed E-state index contributed by atoms with van der Waals surface area (Å²) in [5.41, 5.74) is 2.15. The number of nitrogens with zero attached hydrogens (tertiary/aromatic N) is 4. The summed E-state index contributed by atoms with van der Waals surface area (Å²) in [5.74, 6) is 2.58. The zero-order valence-corrected chi connectivity index (χ0v) is 11.9. The number of hydrogen-bond acceptors (Lipinski definition) is 5. The van der Waals surface area contributed by atoms with Crippen molar-refractivity contribution in [2.75, 3.05) is 12.4 Å². The van der Waals surface area contributed by atoms with Crippen LogP contribution in [0.2, 0.25) is 0 Å². The van der Waals surface area contributed by atoms with Crippen LogP contribution in [-0.4, -0.2) is 27.0 Å². The van der Waals surface area contributed by atoms with E-state index in [4.69, 9.17) is 0 Å². The summed E-state index contributed by atoms with van der Waals surface area (Å²) in [4.78, 5) is 17.8. The minimum atomic E-state index is 0.550. The summed E-state index contributed by atoms with van der Waals surface area (Å²) in [6.45, 7) is 1.97. The number of anilines is 1. The van der Waals surface area contributed by atoms with Crippen LogP contribution in [0.15, 0.2) is 18.5 Å². The van der Waals surface area contributed by atoms with Gasteiger partial charge in [-0.2, -0.15) is 0 Å². The van der Waals surface area contributed by atoms with Crippen molar-refractivity contribution < 1.29 is 0 Å². The van der Waals surface area contributed by atoms with Gasteiger partial charge < -0.3 is 5.32 Å². The molecule has 2 aromatic rings. The number of aromatic nitrogens is 4.